The largest absolute Gasteiger partial charge is 0.399 e. The highest BCUT2D eigenvalue weighted by Crippen LogP contribution is 2.31. The van der Waals surface area contributed by atoms with Crippen LogP contribution in [-0.4, -0.2) is 0 Å². The summed E-state index contributed by atoms with van der Waals surface area (Å²) in [5, 5.41) is 3.45. The Hall–Kier alpha value is -2.94. The van der Waals surface area contributed by atoms with Gasteiger partial charge in [-0.05, 0) is 65.6 Å². The highest BCUT2D eigenvalue weighted by molar-refractivity contribution is 5.76. The van der Waals surface area contributed by atoms with E-state index in [9.17, 15) is 0 Å². The van der Waals surface area contributed by atoms with E-state index in [4.69, 9.17) is 11.5 Å². The molecule has 0 fully saturated rings. The van der Waals surface area contributed by atoms with Crippen LogP contribution in [0.3, 0.4) is 0 Å². The Bertz CT molecular complexity index is 810. The molecule has 0 aromatic heterocycles. The Balaban J connectivity index is 1.96. The summed E-state index contributed by atoms with van der Waals surface area (Å²) < 4.78 is 0. The van der Waals surface area contributed by atoms with Crippen molar-refractivity contribution < 1.29 is 0 Å². The Morgan fingerprint density at radius 2 is 1.43 bits per heavy atom. The average molecular weight is 303 g/mol. The van der Waals surface area contributed by atoms with E-state index in [2.05, 4.69) is 30.4 Å². The summed E-state index contributed by atoms with van der Waals surface area (Å²) in [5.74, 6) is 0. The molecule has 3 rings (SSSR count). The van der Waals surface area contributed by atoms with Crippen LogP contribution in [0.5, 0.6) is 0 Å². The molecule has 5 N–H and O–H groups in total. The molecule has 0 saturated heterocycles. The standard InChI is InChI=1S/C20H21N3/c1-14-7-9-16(21)11-19(14)20-12-17(22)10-8-15(20)13-23-18-5-3-2-4-6-18/h2-12,23H,13,21-22H2,1H3. The zero-order chi connectivity index (χ0) is 16.2. The van der Waals surface area contributed by atoms with Crippen molar-refractivity contribution in [2.45, 2.75) is 13.5 Å². The SMILES string of the molecule is Cc1ccc(N)cc1-c1cc(N)ccc1CNc1ccccc1. The van der Waals surface area contributed by atoms with Crippen LogP contribution in [0.2, 0.25) is 0 Å². The molecule has 0 atom stereocenters. The number of nitrogens with two attached hydrogens (primary N) is 2. The summed E-state index contributed by atoms with van der Waals surface area (Å²) in [6.45, 7) is 2.82. The molecule has 0 spiro atoms. The lowest BCUT2D eigenvalue weighted by Gasteiger charge is -2.15. The highest BCUT2D eigenvalue weighted by atomic mass is 14.9. The number of hydrogen-bond donors (Lipinski definition) is 3. The Morgan fingerprint density at radius 3 is 2.17 bits per heavy atom. The predicted octanol–water partition coefficient (Wildman–Crippen LogP) is 4.44. The molecule has 0 bridgehead atoms. The fourth-order valence-corrected chi connectivity index (χ4v) is 2.68. The van der Waals surface area contributed by atoms with Crippen molar-refractivity contribution in [3.05, 3.63) is 77.9 Å². The van der Waals surface area contributed by atoms with E-state index in [0.29, 0.717) is 0 Å². The maximum absolute atomic E-state index is 6.01. The molecule has 0 radical (unpaired) electrons. The van der Waals surface area contributed by atoms with Crippen molar-refractivity contribution in [2.75, 3.05) is 16.8 Å². The molecule has 3 aromatic rings. The topological polar surface area (TPSA) is 64.1 Å². The van der Waals surface area contributed by atoms with Crippen LogP contribution in [0.15, 0.2) is 66.7 Å². The molecule has 0 saturated carbocycles. The maximum atomic E-state index is 6.01. The Labute approximate surface area is 137 Å². The molecule has 3 aromatic carbocycles. The van der Waals surface area contributed by atoms with Gasteiger partial charge in [-0.25, -0.2) is 0 Å². The molecule has 0 heterocycles. The lowest BCUT2D eigenvalue weighted by atomic mass is 9.95. The third-order valence-electron chi connectivity index (χ3n) is 3.94. The molecular weight excluding hydrogens is 282 g/mol. The fourth-order valence-electron chi connectivity index (χ4n) is 2.68. The monoisotopic (exact) mass is 303 g/mol. The van der Waals surface area contributed by atoms with E-state index < -0.39 is 0 Å². The van der Waals surface area contributed by atoms with Gasteiger partial charge in [-0.1, -0.05) is 30.3 Å². The van der Waals surface area contributed by atoms with Gasteiger partial charge in [-0.15, -0.1) is 0 Å². The van der Waals surface area contributed by atoms with Gasteiger partial charge in [0.15, 0.2) is 0 Å². The number of nitrogen functional groups attached to an aromatic ring is 2. The van der Waals surface area contributed by atoms with E-state index >= 15 is 0 Å². The maximum Gasteiger partial charge on any atom is 0.0406 e. The van der Waals surface area contributed by atoms with Crippen molar-refractivity contribution in [3.63, 3.8) is 0 Å². The number of benzene rings is 3. The Morgan fingerprint density at radius 1 is 0.783 bits per heavy atom. The van der Waals surface area contributed by atoms with Crippen LogP contribution in [0.25, 0.3) is 11.1 Å². The second kappa shape index (κ2) is 6.44. The molecule has 0 aliphatic carbocycles. The minimum Gasteiger partial charge on any atom is -0.399 e. The molecule has 3 nitrogen and oxygen atoms in total. The first-order valence-electron chi connectivity index (χ1n) is 7.67. The van der Waals surface area contributed by atoms with Crippen LogP contribution in [-0.2, 0) is 6.54 Å². The zero-order valence-corrected chi connectivity index (χ0v) is 13.2. The average Bonchev–Trinajstić information content (AvgIpc) is 2.57. The second-order valence-electron chi connectivity index (χ2n) is 5.71. The lowest BCUT2D eigenvalue weighted by molar-refractivity contribution is 1.15. The highest BCUT2D eigenvalue weighted by Gasteiger charge is 2.09. The van der Waals surface area contributed by atoms with Crippen molar-refractivity contribution >= 4 is 17.1 Å². The smallest absolute Gasteiger partial charge is 0.0406 e. The number of aryl methyl sites for hydroxylation is 1. The number of anilines is 3. The molecule has 0 aliphatic rings. The first-order chi connectivity index (χ1) is 11.1. The molecule has 23 heavy (non-hydrogen) atoms. The van der Waals surface area contributed by atoms with E-state index in [0.717, 1.165) is 34.7 Å². The van der Waals surface area contributed by atoms with E-state index in [1.54, 1.807) is 0 Å². The summed E-state index contributed by atoms with van der Waals surface area (Å²) in [6, 6.07) is 22.2. The summed E-state index contributed by atoms with van der Waals surface area (Å²) in [4.78, 5) is 0. The quantitative estimate of drug-likeness (QED) is 0.624. The predicted molar refractivity (Wildman–Crippen MR) is 99.2 cm³/mol. The van der Waals surface area contributed by atoms with Crippen molar-refractivity contribution in [1.29, 1.82) is 0 Å². The minimum atomic E-state index is 0.730. The van der Waals surface area contributed by atoms with Gasteiger partial charge in [0.05, 0.1) is 0 Å². The van der Waals surface area contributed by atoms with Gasteiger partial charge in [-0.2, -0.15) is 0 Å². The van der Waals surface area contributed by atoms with Gasteiger partial charge >= 0.3 is 0 Å². The molecule has 0 unspecified atom stereocenters. The van der Waals surface area contributed by atoms with Crippen molar-refractivity contribution in [1.82, 2.24) is 0 Å². The zero-order valence-electron chi connectivity index (χ0n) is 13.2. The van der Waals surface area contributed by atoms with Gasteiger partial charge in [0.2, 0.25) is 0 Å². The third kappa shape index (κ3) is 3.46. The van der Waals surface area contributed by atoms with Gasteiger partial charge in [0.1, 0.15) is 0 Å². The molecule has 3 heteroatoms. The summed E-state index contributed by atoms with van der Waals surface area (Å²) in [7, 11) is 0. The summed E-state index contributed by atoms with van der Waals surface area (Å²) in [6.07, 6.45) is 0. The van der Waals surface area contributed by atoms with Gasteiger partial charge in [0.25, 0.3) is 0 Å². The Kier molecular flexibility index (Phi) is 4.20. The number of hydrogen-bond acceptors (Lipinski definition) is 3. The van der Waals surface area contributed by atoms with E-state index in [1.807, 2.05) is 48.5 Å². The van der Waals surface area contributed by atoms with Crippen molar-refractivity contribution in [3.8, 4) is 11.1 Å². The van der Waals surface area contributed by atoms with Crippen LogP contribution in [0, 0.1) is 6.92 Å². The van der Waals surface area contributed by atoms with Gasteiger partial charge in [-0.3, -0.25) is 0 Å². The molecule has 0 amide bonds. The van der Waals surface area contributed by atoms with Crippen LogP contribution < -0.4 is 16.8 Å². The second-order valence-corrected chi connectivity index (χ2v) is 5.71. The fraction of sp³-hybridized carbons (Fsp3) is 0.100. The summed E-state index contributed by atoms with van der Waals surface area (Å²) >= 11 is 0. The van der Waals surface area contributed by atoms with Crippen molar-refractivity contribution in [2.24, 2.45) is 0 Å². The third-order valence-corrected chi connectivity index (χ3v) is 3.94. The van der Waals surface area contributed by atoms with Crippen LogP contribution in [0.4, 0.5) is 17.1 Å². The first-order valence-corrected chi connectivity index (χ1v) is 7.67. The minimum absolute atomic E-state index is 0.730. The molecule has 0 aliphatic heterocycles. The number of rotatable bonds is 4. The summed E-state index contributed by atoms with van der Waals surface area (Å²) in [5.41, 5.74) is 19.2. The number of para-hydroxylation sites is 1. The molecular formula is C20H21N3. The van der Waals surface area contributed by atoms with E-state index in [1.165, 1.54) is 11.1 Å². The number of nitrogens with one attached hydrogen (secondary N) is 1. The normalized spacial score (nSPS) is 10.5. The lowest BCUT2D eigenvalue weighted by Crippen LogP contribution is -2.02. The molecule has 116 valence electrons. The van der Waals surface area contributed by atoms with Crippen LogP contribution in [0.1, 0.15) is 11.1 Å². The van der Waals surface area contributed by atoms with Gasteiger partial charge in [0, 0.05) is 23.6 Å². The van der Waals surface area contributed by atoms with E-state index in [-0.39, 0.29) is 0 Å². The first kappa shape index (κ1) is 15.0. The van der Waals surface area contributed by atoms with Gasteiger partial charge < -0.3 is 16.8 Å². The van der Waals surface area contributed by atoms with Crippen LogP contribution >= 0.6 is 0 Å².